The lowest BCUT2D eigenvalue weighted by Crippen LogP contribution is -2.32. The van der Waals surface area contributed by atoms with Crippen molar-refractivity contribution in [3.8, 4) is 0 Å². The van der Waals surface area contributed by atoms with E-state index < -0.39 is 11.4 Å². The van der Waals surface area contributed by atoms with Gasteiger partial charge < -0.3 is 10.1 Å². The van der Waals surface area contributed by atoms with E-state index >= 15 is 0 Å². The van der Waals surface area contributed by atoms with Gasteiger partial charge in [0.1, 0.15) is 17.7 Å². The molecular formula is C13H16N6O2. The molecular weight excluding hydrogens is 272 g/mol. The van der Waals surface area contributed by atoms with Crippen molar-refractivity contribution in [1.29, 1.82) is 0 Å². The zero-order chi connectivity index (χ0) is 15.0. The average molecular weight is 288 g/mol. The second-order valence-electron chi connectivity index (χ2n) is 5.12. The van der Waals surface area contributed by atoms with Crippen LogP contribution in [0.3, 0.4) is 0 Å². The fraction of sp³-hybridized carbons (Fsp3) is 0.462. The molecule has 3 aromatic heterocycles. The van der Waals surface area contributed by atoms with E-state index in [9.17, 15) is 9.90 Å². The Bertz CT molecular complexity index is 801. The van der Waals surface area contributed by atoms with Gasteiger partial charge in [0.15, 0.2) is 11.3 Å². The summed E-state index contributed by atoms with van der Waals surface area (Å²) in [6, 6.07) is 0. The molecule has 110 valence electrons. The van der Waals surface area contributed by atoms with E-state index in [1.165, 1.54) is 0 Å². The molecule has 3 aromatic rings. The van der Waals surface area contributed by atoms with Crippen molar-refractivity contribution < 1.29 is 9.90 Å². The first-order valence-corrected chi connectivity index (χ1v) is 6.86. The third-order valence-corrected chi connectivity index (χ3v) is 4.21. The Morgan fingerprint density at radius 1 is 1.33 bits per heavy atom. The minimum atomic E-state index is -0.827. The lowest BCUT2D eigenvalue weighted by molar-refractivity contribution is -0.149. The largest absolute Gasteiger partial charge is 0.481 e. The molecule has 8 nitrogen and oxygen atoms in total. The summed E-state index contributed by atoms with van der Waals surface area (Å²) in [5, 5.41) is 17.8. The van der Waals surface area contributed by atoms with Crippen LogP contribution in [0.2, 0.25) is 0 Å². The Kier molecular flexibility index (Phi) is 3.08. The maximum absolute atomic E-state index is 11.6. The number of fused-ring (bicyclic) bond motifs is 3. The number of nitrogens with one attached hydrogen (secondary N) is 1. The number of carboxylic acid groups (broad SMARTS) is 1. The number of hydrogen-bond donors (Lipinski definition) is 2. The second kappa shape index (κ2) is 4.80. The lowest BCUT2D eigenvalue weighted by atomic mass is 9.79. The molecule has 3 rings (SSSR count). The molecule has 0 saturated carbocycles. The molecule has 0 bridgehead atoms. The highest BCUT2D eigenvalue weighted by Crippen LogP contribution is 2.31. The predicted octanol–water partition coefficient (Wildman–Crippen LogP) is 1.43. The van der Waals surface area contributed by atoms with Gasteiger partial charge in [0, 0.05) is 6.42 Å². The number of carboxylic acids is 1. The molecule has 3 heterocycles. The molecule has 0 radical (unpaired) electrons. The summed E-state index contributed by atoms with van der Waals surface area (Å²) in [5.74, 6) is -0.208. The van der Waals surface area contributed by atoms with Crippen molar-refractivity contribution in [2.75, 3.05) is 0 Å². The van der Waals surface area contributed by atoms with Crippen LogP contribution >= 0.6 is 0 Å². The van der Waals surface area contributed by atoms with Gasteiger partial charge in [0.25, 0.3) is 0 Å². The van der Waals surface area contributed by atoms with E-state index in [2.05, 4.69) is 25.1 Å². The maximum Gasteiger partial charge on any atom is 0.310 e. The van der Waals surface area contributed by atoms with Crippen molar-refractivity contribution in [2.45, 2.75) is 33.1 Å². The summed E-state index contributed by atoms with van der Waals surface area (Å²) >= 11 is 0. The monoisotopic (exact) mass is 288 g/mol. The fourth-order valence-electron chi connectivity index (χ4n) is 2.58. The Morgan fingerprint density at radius 2 is 2.10 bits per heavy atom. The average Bonchev–Trinajstić information content (AvgIpc) is 3.10. The van der Waals surface area contributed by atoms with Crippen molar-refractivity contribution in [2.24, 2.45) is 5.41 Å². The van der Waals surface area contributed by atoms with Crippen LogP contribution in [0.5, 0.6) is 0 Å². The maximum atomic E-state index is 11.6. The van der Waals surface area contributed by atoms with Gasteiger partial charge >= 0.3 is 5.97 Å². The first kappa shape index (κ1) is 13.5. The molecule has 2 N–H and O–H groups in total. The number of hydrogen-bond acceptors (Lipinski definition) is 5. The van der Waals surface area contributed by atoms with E-state index in [-0.39, 0.29) is 0 Å². The zero-order valence-corrected chi connectivity index (χ0v) is 11.9. The summed E-state index contributed by atoms with van der Waals surface area (Å²) < 4.78 is 1.73. The van der Waals surface area contributed by atoms with Crippen LogP contribution in [0, 0.1) is 5.41 Å². The number of carbonyl (C=O) groups is 1. The highest BCUT2D eigenvalue weighted by atomic mass is 16.4. The molecule has 0 aliphatic carbocycles. The highest BCUT2D eigenvalue weighted by Gasteiger charge is 2.36. The fourth-order valence-corrected chi connectivity index (χ4v) is 2.58. The summed E-state index contributed by atoms with van der Waals surface area (Å²) in [7, 11) is 0. The molecule has 8 heteroatoms. The number of aliphatic carboxylic acids is 1. The Balaban J connectivity index is 2.10. The summed E-state index contributed by atoms with van der Waals surface area (Å²) in [6.07, 6.45) is 4.52. The van der Waals surface area contributed by atoms with Crippen LogP contribution in [0.4, 0.5) is 0 Å². The summed E-state index contributed by atoms with van der Waals surface area (Å²) in [6.45, 7) is 3.76. The van der Waals surface area contributed by atoms with Crippen molar-refractivity contribution in [1.82, 2.24) is 29.5 Å². The molecule has 0 amide bonds. The first-order chi connectivity index (χ1) is 10.1. The van der Waals surface area contributed by atoms with Crippen molar-refractivity contribution >= 4 is 22.8 Å². The Labute approximate surface area is 120 Å². The van der Waals surface area contributed by atoms with Crippen LogP contribution in [0.1, 0.15) is 32.5 Å². The number of H-pyrrole nitrogens is 1. The molecule has 21 heavy (non-hydrogen) atoms. The quantitative estimate of drug-likeness (QED) is 0.735. The standard InChI is InChI=1S/C13H16N6O2/c1-3-13(4-2,12(20)21)5-8-17-18-11-9-10(15-6-14-9)16-7-19(8)11/h6-7H,3-5H2,1-2H3,(H,14,15)(H,20,21). The van der Waals surface area contributed by atoms with Gasteiger partial charge in [-0.15, -0.1) is 10.2 Å². The number of imidazole rings is 1. The van der Waals surface area contributed by atoms with Crippen LogP contribution in [-0.2, 0) is 11.2 Å². The number of aromatic nitrogens is 6. The third kappa shape index (κ3) is 1.94. The summed E-state index contributed by atoms with van der Waals surface area (Å²) in [4.78, 5) is 22.9. The number of rotatable bonds is 5. The molecule has 0 spiro atoms. The minimum absolute atomic E-state index is 0.317. The Hall–Kier alpha value is -2.51. The van der Waals surface area contributed by atoms with Crippen LogP contribution in [0.15, 0.2) is 12.7 Å². The van der Waals surface area contributed by atoms with Crippen molar-refractivity contribution in [3.63, 3.8) is 0 Å². The smallest absolute Gasteiger partial charge is 0.310 e. The SMILES string of the molecule is CCC(CC)(Cc1nnc2c3[nH]cnc3ncn12)C(=O)O. The molecule has 0 fully saturated rings. The van der Waals surface area contributed by atoms with Gasteiger partial charge in [-0.1, -0.05) is 13.8 Å². The topological polar surface area (TPSA) is 109 Å². The van der Waals surface area contributed by atoms with E-state index in [4.69, 9.17) is 0 Å². The molecule has 0 aliphatic heterocycles. The first-order valence-electron chi connectivity index (χ1n) is 6.86. The van der Waals surface area contributed by atoms with E-state index in [0.29, 0.717) is 41.9 Å². The second-order valence-corrected chi connectivity index (χ2v) is 5.12. The molecule has 0 atom stereocenters. The molecule has 0 aliphatic rings. The van der Waals surface area contributed by atoms with Crippen molar-refractivity contribution in [3.05, 3.63) is 18.5 Å². The number of aromatic amines is 1. The van der Waals surface area contributed by atoms with E-state index in [1.54, 1.807) is 17.1 Å². The Morgan fingerprint density at radius 3 is 2.76 bits per heavy atom. The van der Waals surface area contributed by atoms with E-state index in [0.717, 1.165) is 0 Å². The third-order valence-electron chi connectivity index (χ3n) is 4.21. The minimum Gasteiger partial charge on any atom is -0.481 e. The molecule has 0 saturated heterocycles. The van der Waals surface area contributed by atoms with Gasteiger partial charge in [-0.2, -0.15) is 0 Å². The van der Waals surface area contributed by atoms with Crippen LogP contribution in [0.25, 0.3) is 16.8 Å². The lowest BCUT2D eigenvalue weighted by Gasteiger charge is -2.25. The molecule has 0 unspecified atom stereocenters. The normalized spacial score (nSPS) is 12.3. The summed E-state index contributed by atoms with van der Waals surface area (Å²) in [5.41, 5.74) is 1.05. The van der Waals surface area contributed by atoms with Gasteiger partial charge in [0.2, 0.25) is 0 Å². The molecule has 0 aromatic carbocycles. The highest BCUT2D eigenvalue weighted by molar-refractivity contribution is 5.84. The zero-order valence-electron chi connectivity index (χ0n) is 11.9. The van der Waals surface area contributed by atoms with Gasteiger partial charge in [-0.3, -0.25) is 9.20 Å². The number of nitrogens with zero attached hydrogens (tertiary/aromatic N) is 5. The van der Waals surface area contributed by atoms with Gasteiger partial charge in [-0.05, 0) is 12.8 Å². The van der Waals surface area contributed by atoms with Gasteiger partial charge in [0.05, 0.1) is 11.7 Å². The van der Waals surface area contributed by atoms with Gasteiger partial charge in [-0.25, -0.2) is 9.97 Å². The van der Waals surface area contributed by atoms with Crippen LogP contribution < -0.4 is 0 Å². The van der Waals surface area contributed by atoms with E-state index in [1.807, 2.05) is 13.8 Å². The van der Waals surface area contributed by atoms with Crippen LogP contribution in [-0.4, -0.2) is 40.6 Å². The predicted molar refractivity (Wildman–Crippen MR) is 74.8 cm³/mol.